The van der Waals surface area contributed by atoms with Gasteiger partial charge in [-0.15, -0.1) is 0 Å². The van der Waals surface area contributed by atoms with Crippen LogP contribution in [0.25, 0.3) is 10.8 Å². The molecule has 0 spiro atoms. The lowest BCUT2D eigenvalue weighted by Gasteiger charge is -2.24. The van der Waals surface area contributed by atoms with Crippen molar-refractivity contribution in [1.29, 1.82) is 0 Å². The van der Waals surface area contributed by atoms with Crippen LogP contribution in [0.1, 0.15) is 12.8 Å². The van der Waals surface area contributed by atoms with Gasteiger partial charge < -0.3 is 19.5 Å². The van der Waals surface area contributed by atoms with E-state index in [1.807, 2.05) is 19.2 Å². The summed E-state index contributed by atoms with van der Waals surface area (Å²) in [6.45, 7) is 2.30. The van der Waals surface area contributed by atoms with Crippen molar-refractivity contribution in [3.05, 3.63) is 42.5 Å². The van der Waals surface area contributed by atoms with E-state index in [1.165, 1.54) is 10.8 Å². The van der Waals surface area contributed by atoms with E-state index in [0.29, 0.717) is 19.8 Å². The molecule has 1 saturated heterocycles. The summed E-state index contributed by atoms with van der Waals surface area (Å²) >= 11 is 0. The number of ether oxygens (including phenoxy) is 2. The van der Waals surface area contributed by atoms with Gasteiger partial charge in [-0.05, 0) is 24.3 Å². The van der Waals surface area contributed by atoms with Crippen LogP contribution in [0.15, 0.2) is 42.5 Å². The molecule has 2 aromatic carbocycles. The minimum atomic E-state index is -0.514. The van der Waals surface area contributed by atoms with E-state index >= 15 is 0 Å². The molecular formula is C19H25NO3. The Morgan fingerprint density at radius 1 is 1.26 bits per heavy atom. The van der Waals surface area contributed by atoms with Crippen LogP contribution in [-0.4, -0.2) is 50.7 Å². The van der Waals surface area contributed by atoms with Crippen LogP contribution >= 0.6 is 0 Å². The summed E-state index contributed by atoms with van der Waals surface area (Å²) in [6, 6.07) is 14.5. The van der Waals surface area contributed by atoms with Crippen molar-refractivity contribution in [3.63, 3.8) is 0 Å². The smallest absolute Gasteiger partial charge is 0.0947 e. The Morgan fingerprint density at radius 3 is 2.91 bits per heavy atom. The molecule has 0 aromatic heterocycles. The fraction of sp³-hybridized carbons (Fsp3) is 0.474. The summed E-state index contributed by atoms with van der Waals surface area (Å²) in [6.07, 6.45) is 1.87. The maximum atomic E-state index is 10.2. The van der Waals surface area contributed by atoms with Crippen molar-refractivity contribution in [3.8, 4) is 0 Å². The molecule has 3 rings (SSSR count). The average molecular weight is 315 g/mol. The van der Waals surface area contributed by atoms with Crippen molar-refractivity contribution >= 4 is 16.5 Å². The molecule has 1 aliphatic heterocycles. The zero-order valence-corrected chi connectivity index (χ0v) is 13.6. The first-order valence-corrected chi connectivity index (χ1v) is 8.30. The first kappa shape index (κ1) is 16.2. The fourth-order valence-corrected chi connectivity index (χ4v) is 3.12. The van der Waals surface area contributed by atoms with Gasteiger partial charge in [-0.2, -0.15) is 0 Å². The molecule has 2 unspecified atom stereocenters. The van der Waals surface area contributed by atoms with E-state index in [-0.39, 0.29) is 6.10 Å². The van der Waals surface area contributed by atoms with Crippen molar-refractivity contribution in [1.82, 2.24) is 0 Å². The van der Waals surface area contributed by atoms with Gasteiger partial charge in [-0.3, -0.25) is 0 Å². The maximum Gasteiger partial charge on any atom is 0.0947 e. The Hall–Kier alpha value is -1.62. The minimum Gasteiger partial charge on any atom is -0.389 e. The molecule has 0 saturated carbocycles. The van der Waals surface area contributed by atoms with Gasteiger partial charge in [0.1, 0.15) is 0 Å². The zero-order valence-electron chi connectivity index (χ0n) is 13.6. The van der Waals surface area contributed by atoms with E-state index < -0.39 is 6.10 Å². The van der Waals surface area contributed by atoms with Gasteiger partial charge >= 0.3 is 0 Å². The number of likely N-dealkylation sites (N-methyl/N-ethyl adjacent to an activating group) is 1. The Kier molecular flexibility index (Phi) is 5.49. The first-order valence-electron chi connectivity index (χ1n) is 8.30. The molecule has 1 fully saturated rings. The van der Waals surface area contributed by atoms with Crippen LogP contribution in [0.3, 0.4) is 0 Å². The molecule has 4 heteroatoms. The Bertz CT molecular complexity index is 620. The lowest BCUT2D eigenvalue weighted by Crippen LogP contribution is -2.33. The Labute approximate surface area is 137 Å². The molecule has 124 valence electrons. The standard InChI is InChI=1S/C19H25NO3/c1-20(12-16(21)13-22-14-17-8-5-11-23-17)19-10-4-7-15-6-2-3-9-18(15)19/h2-4,6-7,9-10,16-17,21H,5,8,11-14H2,1H3. The molecule has 1 N–H and O–H groups in total. The lowest BCUT2D eigenvalue weighted by molar-refractivity contribution is -0.0147. The number of hydrogen-bond donors (Lipinski definition) is 1. The van der Waals surface area contributed by atoms with E-state index in [4.69, 9.17) is 9.47 Å². The second kappa shape index (κ2) is 7.77. The second-order valence-electron chi connectivity index (χ2n) is 6.21. The van der Waals surface area contributed by atoms with Crippen molar-refractivity contribution in [2.75, 3.05) is 38.3 Å². The molecule has 0 bridgehead atoms. The summed E-state index contributed by atoms with van der Waals surface area (Å²) in [7, 11) is 2.01. The number of anilines is 1. The molecule has 0 amide bonds. The highest BCUT2D eigenvalue weighted by molar-refractivity contribution is 5.94. The molecule has 0 radical (unpaired) electrons. The first-order chi connectivity index (χ1) is 11.2. The van der Waals surface area contributed by atoms with E-state index in [1.54, 1.807) is 0 Å². The van der Waals surface area contributed by atoms with Gasteiger partial charge in [0, 0.05) is 31.3 Å². The van der Waals surface area contributed by atoms with Crippen LogP contribution in [0.2, 0.25) is 0 Å². The fourth-order valence-electron chi connectivity index (χ4n) is 3.12. The topological polar surface area (TPSA) is 41.9 Å². The highest BCUT2D eigenvalue weighted by Crippen LogP contribution is 2.25. The van der Waals surface area contributed by atoms with Crippen LogP contribution in [0.4, 0.5) is 5.69 Å². The van der Waals surface area contributed by atoms with Crippen molar-refractivity contribution in [2.45, 2.75) is 25.0 Å². The van der Waals surface area contributed by atoms with Gasteiger partial charge in [0.25, 0.3) is 0 Å². The van der Waals surface area contributed by atoms with Gasteiger partial charge in [0.05, 0.1) is 25.4 Å². The highest BCUT2D eigenvalue weighted by atomic mass is 16.5. The van der Waals surface area contributed by atoms with Gasteiger partial charge in [-0.25, -0.2) is 0 Å². The second-order valence-corrected chi connectivity index (χ2v) is 6.21. The van der Waals surface area contributed by atoms with E-state index in [9.17, 15) is 5.11 Å². The molecular weight excluding hydrogens is 290 g/mol. The predicted molar refractivity (Wildman–Crippen MR) is 93.0 cm³/mol. The van der Waals surface area contributed by atoms with Gasteiger partial charge in [0.15, 0.2) is 0 Å². The van der Waals surface area contributed by atoms with Crippen molar-refractivity contribution < 1.29 is 14.6 Å². The molecule has 23 heavy (non-hydrogen) atoms. The van der Waals surface area contributed by atoms with Crippen molar-refractivity contribution in [2.24, 2.45) is 0 Å². The molecule has 2 atom stereocenters. The van der Waals surface area contributed by atoms with Crippen LogP contribution in [-0.2, 0) is 9.47 Å². The summed E-state index contributed by atoms with van der Waals surface area (Å²) in [5.74, 6) is 0. The maximum absolute atomic E-state index is 10.2. The summed E-state index contributed by atoms with van der Waals surface area (Å²) in [4.78, 5) is 2.09. The third kappa shape index (κ3) is 4.22. The number of nitrogens with zero attached hydrogens (tertiary/aromatic N) is 1. The number of aliphatic hydroxyl groups excluding tert-OH is 1. The van der Waals surface area contributed by atoms with Crippen LogP contribution in [0, 0.1) is 0 Å². The molecule has 1 aliphatic rings. The van der Waals surface area contributed by atoms with Crippen LogP contribution < -0.4 is 4.90 Å². The van der Waals surface area contributed by atoms with Crippen LogP contribution in [0.5, 0.6) is 0 Å². The Morgan fingerprint density at radius 2 is 2.09 bits per heavy atom. The number of aliphatic hydroxyl groups is 1. The largest absolute Gasteiger partial charge is 0.389 e. The lowest BCUT2D eigenvalue weighted by atomic mass is 10.1. The number of rotatable bonds is 7. The number of fused-ring (bicyclic) bond motifs is 1. The quantitative estimate of drug-likeness (QED) is 0.853. The monoisotopic (exact) mass is 315 g/mol. The normalized spacial score (nSPS) is 19.1. The summed E-state index contributed by atoms with van der Waals surface area (Å²) in [5.41, 5.74) is 1.13. The van der Waals surface area contributed by atoms with E-state index in [0.717, 1.165) is 25.1 Å². The summed E-state index contributed by atoms with van der Waals surface area (Å²) < 4.78 is 11.1. The number of benzene rings is 2. The Balaban J connectivity index is 1.54. The molecule has 0 aliphatic carbocycles. The molecule has 4 nitrogen and oxygen atoms in total. The third-order valence-electron chi connectivity index (χ3n) is 4.30. The highest BCUT2D eigenvalue weighted by Gasteiger charge is 2.17. The summed E-state index contributed by atoms with van der Waals surface area (Å²) in [5, 5.41) is 12.6. The van der Waals surface area contributed by atoms with E-state index in [2.05, 4.69) is 35.2 Å². The minimum absolute atomic E-state index is 0.206. The molecule has 1 heterocycles. The predicted octanol–water partition coefficient (Wildman–Crippen LogP) is 2.83. The SMILES string of the molecule is CN(CC(O)COCC1CCCO1)c1cccc2ccccc12. The average Bonchev–Trinajstić information content (AvgIpc) is 3.07. The third-order valence-corrected chi connectivity index (χ3v) is 4.30. The van der Waals surface area contributed by atoms with Gasteiger partial charge in [-0.1, -0.05) is 36.4 Å². The molecule has 2 aromatic rings. The number of hydrogen-bond acceptors (Lipinski definition) is 4. The van der Waals surface area contributed by atoms with Gasteiger partial charge in [0.2, 0.25) is 0 Å². The zero-order chi connectivity index (χ0) is 16.1.